The number of fused-ring (bicyclic) bond motifs is 3. The Kier molecular flexibility index (Phi) is 4.92. The Labute approximate surface area is 140 Å². The van der Waals surface area contributed by atoms with Gasteiger partial charge in [-0.3, -0.25) is 4.79 Å². The first-order valence-electron chi connectivity index (χ1n) is 8.42. The molecule has 3 aliphatic carbocycles. The average molecular weight is 339 g/mol. The maximum absolute atomic E-state index is 12.5. The van der Waals surface area contributed by atoms with E-state index >= 15 is 0 Å². The lowest BCUT2D eigenvalue weighted by atomic mass is 9.66. The standard InChI is InChI=1S/C18H23F2NO3/c1-23-14-3-2-13(10-15(14)24-17(19)20)11-16(22)21-18-7-4-12(5-8-18)6-9-18/h2-3,10,12,17H,4-9,11H2,1H3,(H,21,22). The molecule has 1 amide bonds. The zero-order valence-corrected chi connectivity index (χ0v) is 13.8. The van der Waals surface area contributed by atoms with Crippen LogP contribution >= 0.6 is 0 Å². The van der Waals surface area contributed by atoms with Crippen molar-refractivity contribution < 1.29 is 23.0 Å². The highest BCUT2D eigenvalue weighted by Crippen LogP contribution is 2.44. The van der Waals surface area contributed by atoms with Crippen LogP contribution in [-0.2, 0) is 11.2 Å². The third-order valence-electron chi connectivity index (χ3n) is 5.31. The highest BCUT2D eigenvalue weighted by molar-refractivity contribution is 5.79. The molecule has 4 nitrogen and oxygen atoms in total. The molecule has 0 saturated heterocycles. The number of carbonyl (C=O) groups excluding carboxylic acids is 1. The third-order valence-corrected chi connectivity index (χ3v) is 5.31. The molecule has 3 aliphatic rings. The molecule has 0 aromatic heterocycles. The van der Waals surface area contributed by atoms with Gasteiger partial charge in [-0.1, -0.05) is 6.07 Å². The molecule has 0 heterocycles. The Morgan fingerprint density at radius 1 is 1.25 bits per heavy atom. The molecule has 1 aromatic rings. The zero-order valence-electron chi connectivity index (χ0n) is 13.8. The second kappa shape index (κ2) is 6.95. The van der Waals surface area contributed by atoms with E-state index < -0.39 is 6.61 Å². The van der Waals surface area contributed by atoms with E-state index in [1.807, 2.05) is 0 Å². The Balaban J connectivity index is 1.65. The normalized spacial score (nSPS) is 25.6. The summed E-state index contributed by atoms with van der Waals surface area (Å²) in [6.45, 7) is -2.93. The number of rotatable bonds is 6. The van der Waals surface area contributed by atoms with E-state index in [0.717, 1.165) is 25.2 Å². The summed E-state index contributed by atoms with van der Waals surface area (Å²) in [4.78, 5) is 12.4. The first-order valence-corrected chi connectivity index (χ1v) is 8.42. The predicted molar refractivity (Wildman–Crippen MR) is 85.4 cm³/mol. The number of carbonyl (C=O) groups is 1. The van der Waals surface area contributed by atoms with Crippen molar-refractivity contribution in [1.29, 1.82) is 0 Å². The van der Waals surface area contributed by atoms with Gasteiger partial charge in [0.15, 0.2) is 11.5 Å². The minimum Gasteiger partial charge on any atom is -0.493 e. The van der Waals surface area contributed by atoms with Crippen LogP contribution in [0.15, 0.2) is 18.2 Å². The van der Waals surface area contributed by atoms with E-state index in [-0.39, 0.29) is 29.4 Å². The second-order valence-corrected chi connectivity index (χ2v) is 6.85. The smallest absolute Gasteiger partial charge is 0.387 e. The van der Waals surface area contributed by atoms with Crippen molar-refractivity contribution in [3.63, 3.8) is 0 Å². The van der Waals surface area contributed by atoms with Gasteiger partial charge in [0.1, 0.15) is 0 Å². The van der Waals surface area contributed by atoms with Gasteiger partial charge in [0.25, 0.3) is 0 Å². The minimum absolute atomic E-state index is 0.0471. The van der Waals surface area contributed by atoms with E-state index in [0.29, 0.717) is 5.56 Å². The summed E-state index contributed by atoms with van der Waals surface area (Å²) in [6.07, 6.45) is 6.86. The van der Waals surface area contributed by atoms with E-state index in [1.165, 1.54) is 32.4 Å². The van der Waals surface area contributed by atoms with Gasteiger partial charge in [-0.15, -0.1) is 0 Å². The molecule has 6 heteroatoms. The molecular weight excluding hydrogens is 316 g/mol. The Bertz CT molecular complexity index is 584. The van der Waals surface area contributed by atoms with Crippen molar-refractivity contribution >= 4 is 5.91 Å². The summed E-state index contributed by atoms with van der Waals surface area (Å²) >= 11 is 0. The van der Waals surface area contributed by atoms with Crippen LogP contribution in [0.4, 0.5) is 8.78 Å². The molecule has 2 bridgehead atoms. The summed E-state index contributed by atoms with van der Waals surface area (Å²) in [5.41, 5.74) is 0.575. The largest absolute Gasteiger partial charge is 0.493 e. The van der Waals surface area contributed by atoms with Crippen LogP contribution in [0, 0.1) is 5.92 Å². The number of benzene rings is 1. The highest BCUT2D eigenvalue weighted by Gasteiger charge is 2.41. The summed E-state index contributed by atoms with van der Waals surface area (Å²) < 4.78 is 34.4. The fourth-order valence-electron chi connectivity index (χ4n) is 3.98. The molecule has 132 valence electrons. The minimum atomic E-state index is -2.93. The SMILES string of the molecule is COc1ccc(CC(=O)NC23CCC(CC2)CC3)cc1OC(F)F. The Morgan fingerprint density at radius 3 is 2.50 bits per heavy atom. The lowest BCUT2D eigenvalue weighted by Gasteiger charge is -2.47. The van der Waals surface area contributed by atoms with Crippen molar-refractivity contribution in [1.82, 2.24) is 5.32 Å². The monoisotopic (exact) mass is 339 g/mol. The first kappa shape index (κ1) is 17.0. The summed E-state index contributed by atoms with van der Waals surface area (Å²) in [5.74, 6) is 0.945. The van der Waals surface area contributed by atoms with Crippen LogP contribution in [0.3, 0.4) is 0 Å². The number of nitrogens with one attached hydrogen (secondary N) is 1. The van der Waals surface area contributed by atoms with Crippen LogP contribution in [0.25, 0.3) is 0 Å². The van der Waals surface area contributed by atoms with Crippen LogP contribution in [-0.4, -0.2) is 25.2 Å². The van der Waals surface area contributed by atoms with Gasteiger partial charge in [-0.2, -0.15) is 8.78 Å². The van der Waals surface area contributed by atoms with Crippen molar-refractivity contribution in [3.05, 3.63) is 23.8 Å². The highest BCUT2D eigenvalue weighted by atomic mass is 19.3. The lowest BCUT2D eigenvalue weighted by molar-refractivity contribution is -0.123. The van der Waals surface area contributed by atoms with Crippen molar-refractivity contribution in [3.8, 4) is 11.5 Å². The fourth-order valence-corrected chi connectivity index (χ4v) is 3.98. The van der Waals surface area contributed by atoms with Gasteiger partial charge in [0.05, 0.1) is 13.5 Å². The number of ether oxygens (including phenoxy) is 2. The maximum Gasteiger partial charge on any atom is 0.387 e. The van der Waals surface area contributed by atoms with E-state index in [2.05, 4.69) is 10.1 Å². The molecule has 0 atom stereocenters. The second-order valence-electron chi connectivity index (χ2n) is 6.85. The molecule has 3 saturated carbocycles. The van der Waals surface area contributed by atoms with E-state index in [1.54, 1.807) is 12.1 Å². The van der Waals surface area contributed by atoms with Gasteiger partial charge < -0.3 is 14.8 Å². The number of halogens is 2. The molecule has 0 radical (unpaired) electrons. The Morgan fingerprint density at radius 2 is 1.92 bits per heavy atom. The molecule has 4 rings (SSSR count). The number of hydrogen-bond donors (Lipinski definition) is 1. The zero-order chi connectivity index (χ0) is 17.2. The number of amides is 1. The Hall–Kier alpha value is -1.85. The van der Waals surface area contributed by atoms with Gasteiger partial charge in [-0.05, 0) is 62.1 Å². The van der Waals surface area contributed by atoms with Crippen molar-refractivity contribution in [2.45, 2.75) is 57.1 Å². The average Bonchev–Trinajstić information content (AvgIpc) is 2.55. The van der Waals surface area contributed by atoms with Gasteiger partial charge in [0.2, 0.25) is 5.91 Å². The summed E-state index contributed by atoms with van der Waals surface area (Å²) in [5, 5.41) is 3.20. The van der Waals surface area contributed by atoms with Gasteiger partial charge in [-0.25, -0.2) is 0 Å². The fraction of sp³-hybridized carbons (Fsp3) is 0.611. The number of hydrogen-bond acceptors (Lipinski definition) is 3. The third kappa shape index (κ3) is 3.79. The quantitative estimate of drug-likeness (QED) is 0.860. The van der Waals surface area contributed by atoms with Crippen molar-refractivity contribution in [2.75, 3.05) is 7.11 Å². The first-order chi connectivity index (χ1) is 11.5. The number of methoxy groups -OCH3 is 1. The number of alkyl halides is 2. The van der Waals surface area contributed by atoms with Crippen LogP contribution < -0.4 is 14.8 Å². The molecular formula is C18H23F2NO3. The topological polar surface area (TPSA) is 47.6 Å². The molecule has 24 heavy (non-hydrogen) atoms. The van der Waals surface area contributed by atoms with Crippen LogP contribution in [0.2, 0.25) is 0 Å². The van der Waals surface area contributed by atoms with E-state index in [9.17, 15) is 13.6 Å². The van der Waals surface area contributed by atoms with Crippen molar-refractivity contribution in [2.24, 2.45) is 5.92 Å². The lowest BCUT2D eigenvalue weighted by Crippen LogP contribution is -2.54. The van der Waals surface area contributed by atoms with Gasteiger partial charge >= 0.3 is 6.61 Å². The maximum atomic E-state index is 12.5. The van der Waals surface area contributed by atoms with Crippen LogP contribution in [0.5, 0.6) is 11.5 Å². The summed E-state index contributed by atoms with van der Waals surface area (Å²) in [6, 6.07) is 4.69. The molecule has 3 fully saturated rings. The molecule has 1 N–H and O–H groups in total. The molecule has 0 unspecified atom stereocenters. The molecule has 1 aromatic carbocycles. The molecule has 0 aliphatic heterocycles. The van der Waals surface area contributed by atoms with E-state index in [4.69, 9.17) is 4.74 Å². The predicted octanol–water partition coefficient (Wildman–Crippen LogP) is 3.68. The summed E-state index contributed by atoms with van der Waals surface area (Å²) in [7, 11) is 1.39. The molecule has 0 spiro atoms. The van der Waals surface area contributed by atoms with Crippen LogP contribution in [0.1, 0.15) is 44.1 Å². The van der Waals surface area contributed by atoms with Gasteiger partial charge in [0, 0.05) is 5.54 Å².